The Morgan fingerprint density at radius 1 is 1.14 bits per heavy atom. The van der Waals surface area contributed by atoms with Crippen LogP contribution in [0, 0.1) is 11.6 Å². The first-order valence-electron chi connectivity index (χ1n) is 12.5. The highest BCUT2D eigenvalue weighted by Gasteiger charge is 2.37. The Balaban J connectivity index is 0.00000484. The van der Waals surface area contributed by atoms with Crippen LogP contribution in [-0.2, 0) is 9.53 Å². The highest BCUT2D eigenvalue weighted by Crippen LogP contribution is 2.36. The quantitative estimate of drug-likeness (QED) is 0.235. The van der Waals surface area contributed by atoms with E-state index < -0.39 is 48.4 Å². The van der Waals surface area contributed by atoms with Crippen molar-refractivity contribution in [1.29, 1.82) is 0 Å². The lowest BCUT2D eigenvalue weighted by Crippen LogP contribution is -3.00. The minimum Gasteiger partial charge on any atom is -1.00 e. The Morgan fingerprint density at radius 3 is 2.48 bits per heavy atom. The van der Waals surface area contributed by atoms with Crippen LogP contribution in [0.5, 0.6) is 0 Å². The van der Waals surface area contributed by atoms with Crippen molar-refractivity contribution >= 4 is 18.1 Å². The molecule has 1 aliphatic rings. The third-order valence-corrected chi connectivity index (χ3v) is 6.54. The van der Waals surface area contributed by atoms with Gasteiger partial charge in [-0.25, -0.2) is 18.4 Å². The molecule has 1 aliphatic heterocycles. The summed E-state index contributed by atoms with van der Waals surface area (Å²) >= 11 is 0. The van der Waals surface area contributed by atoms with Crippen molar-refractivity contribution in [1.82, 2.24) is 20.5 Å². The number of carbonyl (C=O) groups is 3. The van der Waals surface area contributed by atoms with Crippen molar-refractivity contribution < 1.29 is 55.1 Å². The smallest absolute Gasteiger partial charge is 0.409 e. The fraction of sp³-hybridized carbons (Fsp3) is 0.250. The Labute approximate surface area is 245 Å². The lowest BCUT2D eigenvalue weighted by Gasteiger charge is -2.39. The number of carbonyl (C=O) groups excluding carboxylic acids is 1. The number of carboxylic acids is 1. The predicted molar refractivity (Wildman–Crippen MR) is 140 cm³/mol. The molecule has 42 heavy (non-hydrogen) atoms. The van der Waals surface area contributed by atoms with Crippen LogP contribution in [0.25, 0.3) is 11.3 Å². The molecule has 1 aromatic carbocycles. The van der Waals surface area contributed by atoms with Gasteiger partial charge in [-0.1, -0.05) is 12.1 Å². The van der Waals surface area contributed by atoms with Gasteiger partial charge in [-0.3, -0.25) is 15.1 Å². The SMILES string of the molecule is COCC1=C(CC(=O)O)C(c2ccc(F)c(F)c2)N(CCC(NC(=O)O)[n+]2ccc(-c3ccccn3)cc2)C(=O)N1.[Cl-]. The molecule has 2 atom stereocenters. The van der Waals surface area contributed by atoms with Gasteiger partial charge in [-0.15, -0.1) is 0 Å². The van der Waals surface area contributed by atoms with Gasteiger partial charge in [0.05, 0.1) is 24.8 Å². The molecular weight excluding hydrogens is 576 g/mol. The van der Waals surface area contributed by atoms with E-state index in [1.165, 1.54) is 18.1 Å². The molecule has 0 spiro atoms. The van der Waals surface area contributed by atoms with Gasteiger partial charge in [0.1, 0.15) is 0 Å². The van der Waals surface area contributed by atoms with Gasteiger partial charge in [-0.05, 0) is 35.4 Å². The average molecular weight is 604 g/mol. The van der Waals surface area contributed by atoms with E-state index in [0.717, 1.165) is 23.4 Å². The van der Waals surface area contributed by atoms with Crippen molar-refractivity contribution in [3.63, 3.8) is 0 Å². The van der Waals surface area contributed by atoms with E-state index in [9.17, 15) is 33.4 Å². The van der Waals surface area contributed by atoms with Crippen LogP contribution < -0.4 is 27.6 Å². The van der Waals surface area contributed by atoms with Gasteiger partial charge in [-0.2, -0.15) is 4.57 Å². The van der Waals surface area contributed by atoms with E-state index in [1.54, 1.807) is 41.4 Å². The van der Waals surface area contributed by atoms with E-state index >= 15 is 0 Å². The highest BCUT2D eigenvalue weighted by molar-refractivity contribution is 5.81. The number of pyridine rings is 2. The Morgan fingerprint density at radius 2 is 1.88 bits per heavy atom. The minimum atomic E-state index is -1.30. The molecule has 3 heterocycles. The number of nitrogens with zero attached hydrogens (tertiary/aromatic N) is 3. The van der Waals surface area contributed by atoms with Crippen LogP contribution in [0.2, 0.25) is 0 Å². The van der Waals surface area contributed by atoms with Gasteiger partial charge in [0.15, 0.2) is 24.0 Å². The number of aliphatic carboxylic acids is 1. The summed E-state index contributed by atoms with van der Waals surface area (Å²) in [5, 5.41) is 24.2. The number of rotatable bonds is 11. The number of amides is 3. The van der Waals surface area contributed by atoms with Crippen molar-refractivity contribution in [3.05, 3.63) is 95.6 Å². The molecule has 4 rings (SSSR count). The first-order valence-corrected chi connectivity index (χ1v) is 12.5. The molecule has 0 radical (unpaired) electrons. The fourth-order valence-corrected chi connectivity index (χ4v) is 4.73. The van der Waals surface area contributed by atoms with Gasteiger partial charge < -0.3 is 37.6 Å². The topological polar surface area (TPSA) is 145 Å². The Bertz CT molecular complexity index is 1460. The van der Waals surface area contributed by atoms with E-state index in [0.29, 0.717) is 0 Å². The molecule has 222 valence electrons. The van der Waals surface area contributed by atoms with E-state index in [2.05, 4.69) is 15.6 Å². The summed E-state index contributed by atoms with van der Waals surface area (Å²) in [6.45, 7) is -0.206. The zero-order valence-corrected chi connectivity index (χ0v) is 23.1. The first-order chi connectivity index (χ1) is 19.7. The largest absolute Gasteiger partial charge is 1.00 e. The number of ether oxygens (including phenoxy) is 1. The van der Waals surface area contributed by atoms with Crippen molar-refractivity contribution in [2.75, 3.05) is 20.3 Å². The molecule has 14 heteroatoms. The van der Waals surface area contributed by atoms with E-state index in [4.69, 9.17) is 4.74 Å². The normalized spacial score (nSPS) is 15.5. The second-order valence-electron chi connectivity index (χ2n) is 9.21. The fourth-order valence-electron chi connectivity index (χ4n) is 4.73. The first kappa shape index (κ1) is 31.9. The molecule has 0 fully saturated rings. The minimum absolute atomic E-state index is 0. The van der Waals surface area contributed by atoms with Gasteiger partial charge >= 0.3 is 18.1 Å². The molecule has 3 amide bonds. The van der Waals surface area contributed by atoms with Crippen molar-refractivity contribution in [2.24, 2.45) is 0 Å². The summed E-state index contributed by atoms with van der Waals surface area (Å²) in [7, 11) is 1.37. The van der Waals surface area contributed by atoms with Gasteiger partial charge in [0.2, 0.25) is 6.17 Å². The van der Waals surface area contributed by atoms with Gasteiger partial charge in [0, 0.05) is 49.7 Å². The van der Waals surface area contributed by atoms with Crippen LogP contribution in [0.4, 0.5) is 18.4 Å². The average Bonchev–Trinajstić information content (AvgIpc) is 2.94. The zero-order valence-electron chi connectivity index (χ0n) is 22.3. The number of hydrogen-bond acceptors (Lipinski definition) is 5. The Kier molecular flexibility index (Phi) is 10.9. The number of nitrogens with one attached hydrogen (secondary N) is 2. The van der Waals surface area contributed by atoms with Crippen LogP contribution in [-0.4, -0.2) is 58.5 Å². The van der Waals surface area contributed by atoms with Crippen molar-refractivity contribution in [3.8, 4) is 11.3 Å². The molecule has 0 saturated heterocycles. The summed E-state index contributed by atoms with van der Waals surface area (Å²) < 4.78 is 34.8. The maximum absolute atomic E-state index is 14.3. The van der Waals surface area contributed by atoms with Crippen LogP contribution in [0.15, 0.2) is 78.4 Å². The molecular formula is C28H28ClF2N5O6. The molecule has 4 N–H and O–H groups in total. The number of methoxy groups -OCH3 is 1. The second-order valence-corrected chi connectivity index (χ2v) is 9.21. The van der Waals surface area contributed by atoms with Crippen LogP contribution >= 0.6 is 0 Å². The molecule has 2 unspecified atom stereocenters. The van der Waals surface area contributed by atoms with E-state index in [1.807, 2.05) is 12.1 Å². The van der Waals surface area contributed by atoms with Gasteiger partial charge in [0.25, 0.3) is 0 Å². The maximum atomic E-state index is 14.3. The van der Waals surface area contributed by atoms with Crippen LogP contribution in [0.1, 0.15) is 30.6 Å². The molecule has 0 saturated carbocycles. The third-order valence-electron chi connectivity index (χ3n) is 6.54. The lowest BCUT2D eigenvalue weighted by atomic mass is 9.91. The molecule has 2 aromatic heterocycles. The number of urea groups is 1. The number of carboxylic acid groups (broad SMARTS) is 2. The lowest BCUT2D eigenvalue weighted by molar-refractivity contribution is -0.727. The molecule has 0 aliphatic carbocycles. The highest BCUT2D eigenvalue weighted by atomic mass is 35.5. The zero-order chi connectivity index (χ0) is 29.5. The second kappa shape index (κ2) is 14.3. The standard InChI is InChI=1S/C28H27F2N5O6.ClH/c1-41-16-23-19(15-25(36)37)26(18-5-6-20(29)21(30)14-18)35(27(38)32-23)13-9-24(33-28(39)40)34-11-7-17(8-12-34)22-4-2-3-10-31-22;/h2-8,10-12,14,24,26,33H,9,13,15-16H2,1H3,(H2-,32,36,37,38,39,40);1H. The number of aromatic nitrogens is 2. The molecule has 3 aromatic rings. The number of hydrogen-bond donors (Lipinski definition) is 4. The summed E-state index contributed by atoms with van der Waals surface area (Å²) in [5.41, 5.74) is 2.11. The summed E-state index contributed by atoms with van der Waals surface area (Å²) in [4.78, 5) is 42.3. The monoisotopic (exact) mass is 603 g/mol. The van der Waals surface area contributed by atoms with Crippen LogP contribution in [0.3, 0.4) is 0 Å². The van der Waals surface area contributed by atoms with E-state index in [-0.39, 0.29) is 48.8 Å². The van der Waals surface area contributed by atoms with Crippen molar-refractivity contribution in [2.45, 2.75) is 25.0 Å². The predicted octanol–water partition coefficient (Wildman–Crippen LogP) is 0.616. The maximum Gasteiger partial charge on any atom is 0.409 e. The Hall–Kier alpha value is -4.62. The molecule has 11 nitrogen and oxygen atoms in total. The summed E-state index contributed by atoms with van der Waals surface area (Å²) in [6.07, 6.45) is 2.39. The summed E-state index contributed by atoms with van der Waals surface area (Å²) in [5.74, 6) is -3.46. The summed E-state index contributed by atoms with van der Waals surface area (Å²) in [6, 6.07) is 10.4. The number of benzene rings is 1. The number of halogens is 3. The third kappa shape index (κ3) is 7.56. The molecule has 0 bridgehead atoms.